The van der Waals surface area contributed by atoms with Crippen molar-refractivity contribution < 1.29 is 19.1 Å². The van der Waals surface area contributed by atoms with E-state index in [1.165, 1.54) is 7.11 Å². The van der Waals surface area contributed by atoms with Gasteiger partial charge in [0.25, 0.3) is 0 Å². The maximum atomic E-state index is 12.1. The maximum Gasteiger partial charge on any atom is 0.322 e. The molecule has 6 nitrogen and oxygen atoms in total. The lowest BCUT2D eigenvalue weighted by molar-refractivity contribution is -0.152. The number of ether oxygens (including phenoxy) is 2. The Labute approximate surface area is 107 Å². The summed E-state index contributed by atoms with van der Waals surface area (Å²) in [6.07, 6.45) is 2.09. The van der Waals surface area contributed by atoms with Crippen LogP contribution in [0.5, 0.6) is 0 Å². The van der Waals surface area contributed by atoms with Gasteiger partial charge in [-0.1, -0.05) is 0 Å². The SMILES string of the molecule is COC(=O)C(C)N1CCOCC1C(=O)NC1CC1. The van der Waals surface area contributed by atoms with E-state index in [1.54, 1.807) is 6.92 Å². The molecule has 2 fully saturated rings. The van der Waals surface area contributed by atoms with Crippen molar-refractivity contribution in [1.29, 1.82) is 0 Å². The summed E-state index contributed by atoms with van der Waals surface area (Å²) in [6.45, 7) is 3.20. The van der Waals surface area contributed by atoms with E-state index in [0.717, 1.165) is 12.8 Å². The molecule has 2 rings (SSSR count). The molecule has 1 aliphatic heterocycles. The molecule has 0 aromatic carbocycles. The average molecular weight is 256 g/mol. The van der Waals surface area contributed by atoms with Crippen molar-refractivity contribution in [2.24, 2.45) is 0 Å². The van der Waals surface area contributed by atoms with Crippen LogP contribution >= 0.6 is 0 Å². The number of hydrogen-bond donors (Lipinski definition) is 1. The van der Waals surface area contributed by atoms with Gasteiger partial charge in [0.1, 0.15) is 12.1 Å². The Morgan fingerprint density at radius 1 is 1.44 bits per heavy atom. The molecule has 1 amide bonds. The van der Waals surface area contributed by atoms with Crippen LogP contribution in [0.15, 0.2) is 0 Å². The van der Waals surface area contributed by atoms with Crippen molar-refractivity contribution in [3.05, 3.63) is 0 Å². The Kier molecular flexibility index (Phi) is 4.19. The number of hydrogen-bond acceptors (Lipinski definition) is 5. The summed E-state index contributed by atoms with van der Waals surface area (Å²) in [5.41, 5.74) is 0. The third kappa shape index (κ3) is 3.00. The second kappa shape index (κ2) is 5.67. The van der Waals surface area contributed by atoms with Gasteiger partial charge in [0.15, 0.2) is 0 Å². The zero-order valence-electron chi connectivity index (χ0n) is 10.8. The van der Waals surface area contributed by atoms with Gasteiger partial charge in [-0.25, -0.2) is 0 Å². The Hall–Kier alpha value is -1.14. The molecule has 0 aromatic heterocycles. The van der Waals surface area contributed by atoms with Crippen molar-refractivity contribution in [3.8, 4) is 0 Å². The third-order valence-electron chi connectivity index (χ3n) is 3.44. The van der Waals surface area contributed by atoms with E-state index in [1.807, 2.05) is 4.90 Å². The Morgan fingerprint density at radius 3 is 2.78 bits per heavy atom. The van der Waals surface area contributed by atoms with E-state index >= 15 is 0 Å². The van der Waals surface area contributed by atoms with Crippen molar-refractivity contribution in [1.82, 2.24) is 10.2 Å². The first-order valence-corrected chi connectivity index (χ1v) is 6.35. The molecule has 0 bridgehead atoms. The second-order valence-electron chi connectivity index (χ2n) is 4.81. The summed E-state index contributed by atoms with van der Waals surface area (Å²) in [4.78, 5) is 25.5. The van der Waals surface area contributed by atoms with Gasteiger partial charge in [0.2, 0.25) is 5.91 Å². The third-order valence-corrected chi connectivity index (χ3v) is 3.44. The summed E-state index contributed by atoms with van der Waals surface area (Å²) >= 11 is 0. The quantitative estimate of drug-likeness (QED) is 0.689. The number of nitrogens with zero attached hydrogens (tertiary/aromatic N) is 1. The van der Waals surface area contributed by atoms with Gasteiger partial charge in [-0.15, -0.1) is 0 Å². The molecule has 1 aliphatic carbocycles. The van der Waals surface area contributed by atoms with Crippen molar-refractivity contribution in [2.75, 3.05) is 26.9 Å². The molecule has 18 heavy (non-hydrogen) atoms. The van der Waals surface area contributed by atoms with Crippen LogP contribution in [0.2, 0.25) is 0 Å². The standard InChI is InChI=1S/C12H20N2O4/c1-8(12(16)17-2)14-5-6-18-7-10(14)11(15)13-9-3-4-9/h8-10H,3-7H2,1-2H3,(H,13,15). The highest BCUT2D eigenvalue weighted by molar-refractivity contribution is 5.84. The number of morpholine rings is 1. The number of methoxy groups -OCH3 is 1. The van der Waals surface area contributed by atoms with Gasteiger partial charge in [0, 0.05) is 12.6 Å². The van der Waals surface area contributed by atoms with E-state index in [9.17, 15) is 9.59 Å². The first-order valence-electron chi connectivity index (χ1n) is 6.35. The van der Waals surface area contributed by atoms with Crippen molar-refractivity contribution >= 4 is 11.9 Å². The van der Waals surface area contributed by atoms with E-state index in [-0.39, 0.29) is 11.9 Å². The summed E-state index contributed by atoms with van der Waals surface area (Å²) in [6, 6.07) is -0.503. The van der Waals surface area contributed by atoms with E-state index in [2.05, 4.69) is 5.32 Å². The van der Waals surface area contributed by atoms with Crippen LogP contribution in [-0.2, 0) is 19.1 Å². The molecule has 1 saturated heterocycles. The first kappa shape index (κ1) is 13.3. The molecule has 6 heteroatoms. The highest BCUT2D eigenvalue weighted by Gasteiger charge is 2.37. The minimum absolute atomic E-state index is 0.0482. The van der Waals surface area contributed by atoms with Crippen LogP contribution in [0.3, 0.4) is 0 Å². The van der Waals surface area contributed by atoms with Gasteiger partial charge in [-0.3, -0.25) is 14.5 Å². The Morgan fingerprint density at radius 2 is 2.17 bits per heavy atom. The number of nitrogens with one attached hydrogen (secondary N) is 1. The highest BCUT2D eigenvalue weighted by Crippen LogP contribution is 2.20. The number of amides is 1. The molecule has 2 aliphatic rings. The van der Waals surface area contributed by atoms with Crippen LogP contribution in [0.1, 0.15) is 19.8 Å². The lowest BCUT2D eigenvalue weighted by Crippen LogP contribution is -2.58. The molecule has 1 heterocycles. The lowest BCUT2D eigenvalue weighted by Gasteiger charge is -2.37. The lowest BCUT2D eigenvalue weighted by atomic mass is 10.1. The molecular weight excluding hydrogens is 236 g/mol. The molecule has 2 unspecified atom stereocenters. The van der Waals surface area contributed by atoms with Gasteiger partial charge in [-0.2, -0.15) is 0 Å². The fourth-order valence-electron chi connectivity index (χ4n) is 2.14. The topological polar surface area (TPSA) is 67.9 Å². The number of rotatable bonds is 4. The van der Waals surface area contributed by atoms with Crippen molar-refractivity contribution in [2.45, 2.75) is 37.9 Å². The van der Waals surface area contributed by atoms with Crippen LogP contribution in [0, 0.1) is 0 Å². The van der Waals surface area contributed by atoms with E-state index < -0.39 is 12.1 Å². The van der Waals surface area contributed by atoms with Crippen molar-refractivity contribution in [3.63, 3.8) is 0 Å². The van der Waals surface area contributed by atoms with E-state index in [0.29, 0.717) is 25.8 Å². The van der Waals surface area contributed by atoms with Crippen LogP contribution in [0.4, 0.5) is 0 Å². The average Bonchev–Trinajstić information content (AvgIpc) is 3.20. The minimum Gasteiger partial charge on any atom is -0.468 e. The van der Waals surface area contributed by atoms with Gasteiger partial charge >= 0.3 is 5.97 Å². The fourth-order valence-corrected chi connectivity index (χ4v) is 2.14. The van der Waals surface area contributed by atoms with Crippen LogP contribution < -0.4 is 5.32 Å². The predicted octanol–water partition coefficient (Wildman–Crippen LogP) is -0.473. The molecule has 0 spiro atoms. The monoisotopic (exact) mass is 256 g/mol. The predicted molar refractivity (Wildman–Crippen MR) is 64.0 cm³/mol. The summed E-state index contributed by atoms with van der Waals surface area (Å²) in [5, 5.41) is 2.95. The van der Waals surface area contributed by atoms with E-state index in [4.69, 9.17) is 9.47 Å². The summed E-state index contributed by atoms with van der Waals surface area (Å²) in [5.74, 6) is -0.367. The minimum atomic E-state index is -0.422. The molecule has 102 valence electrons. The molecule has 1 N–H and O–H groups in total. The molecule has 0 radical (unpaired) electrons. The smallest absolute Gasteiger partial charge is 0.322 e. The number of carbonyl (C=O) groups excluding carboxylic acids is 2. The Bertz CT molecular complexity index is 330. The normalized spacial score (nSPS) is 26.4. The van der Waals surface area contributed by atoms with Crippen LogP contribution in [0.25, 0.3) is 0 Å². The summed E-state index contributed by atoms with van der Waals surface area (Å²) < 4.78 is 10.1. The second-order valence-corrected chi connectivity index (χ2v) is 4.81. The molecule has 0 aromatic rings. The molecule has 1 saturated carbocycles. The first-order chi connectivity index (χ1) is 8.63. The van der Waals surface area contributed by atoms with Crippen LogP contribution in [-0.4, -0.2) is 61.8 Å². The molecular formula is C12H20N2O4. The van der Waals surface area contributed by atoms with Gasteiger partial charge < -0.3 is 14.8 Å². The van der Waals surface area contributed by atoms with Gasteiger partial charge in [0.05, 0.1) is 20.3 Å². The zero-order valence-corrected chi connectivity index (χ0v) is 10.8. The largest absolute Gasteiger partial charge is 0.468 e. The molecule has 2 atom stereocenters. The Balaban J connectivity index is 1.99. The highest BCUT2D eigenvalue weighted by atomic mass is 16.5. The number of carbonyl (C=O) groups is 2. The zero-order chi connectivity index (χ0) is 13.1. The number of esters is 1. The maximum absolute atomic E-state index is 12.1. The summed E-state index contributed by atoms with van der Waals surface area (Å²) in [7, 11) is 1.36. The van der Waals surface area contributed by atoms with Gasteiger partial charge in [-0.05, 0) is 19.8 Å². The fraction of sp³-hybridized carbons (Fsp3) is 0.833.